The number of hydrogen-bond acceptors (Lipinski definition) is 2. The first-order chi connectivity index (χ1) is 5.93. The highest BCUT2D eigenvalue weighted by Crippen LogP contribution is 2.65. The summed E-state index contributed by atoms with van der Waals surface area (Å²) in [4.78, 5) is 0. The Labute approximate surface area is 79.6 Å². The van der Waals surface area contributed by atoms with Gasteiger partial charge in [0.05, 0.1) is 17.6 Å². The van der Waals surface area contributed by atoms with Gasteiger partial charge in [0.15, 0.2) is 0 Å². The maximum absolute atomic E-state index is 9.84. The molecule has 0 aromatic carbocycles. The SMILES string of the molecule is CC1(C)C2CC(O)C(C)(C#N)C1C2. The van der Waals surface area contributed by atoms with E-state index in [0.29, 0.717) is 11.8 Å². The summed E-state index contributed by atoms with van der Waals surface area (Å²) in [5.74, 6) is 1.02. The van der Waals surface area contributed by atoms with Gasteiger partial charge in [-0.25, -0.2) is 0 Å². The van der Waals surface area contributed by atoms with Crippen molar-refractivity contribution < 1.29 is 5.11 Å². The molecule has 2 bridgehead atoms. The predicted octanol–water partition coefficient (Wildman–Crippen LogP) is 1.94. The van der Waals surface area contributed by atoms with Gasteiger partial charge in [0, 0.05) is 0 Å². The fourth-order valence-corrected chi connectivity index (χ4v) is 3.33. The lowest BCUT2D eigenvalue weighted by atomic mass is 9.40. The van der Waals surface area contributed by atoms with Crippen LogP contribution in [0.15, 0.2) is 0 Å². The van der Waals surface area contributed by atoms with Crippen molar-refractivity contribution in [2.24, 2.45) is 22.7 Å². The zero-order valence-electron chi connectivity index (χ0n) is 8.54. The van der Waals surface area contributed by atoms with Gasteiger partial charge in [-0.3, -0.25) is 0 Å². The zero-order valence-corrected chi connectivity index (χ0v) is 8.54. The fraction of sp³-hybridized carbons (Fsp3) is 0.909. The van der Waals surface area contributed by atoms with E-state index in [2.05, 4.69) is 19.9 Å². The molecule has 0 aliphatic heterocycles. The van der Waals surface area contributed by atoms with Gasteiger partial charge in [0.25, 0.3) is 0 Å². The molecule has 3 aliphatic rings. The zero-order chi connectivity index (χ0) is 9.85. The first-order valence-corrected chi connectivity index (χ1v) is 5.02. The van der Waals surface area contributed by atoms with Crippen LogP contribution in [0.3, 0.4) is 0 Å². The van der Waals surface area contributed by atoms with E-state index in [-0.39, 0.29) is 5.41 Å². The second kappa shape index (κ2) is 2.27. The molecule has 0 spiro atoms. The molecular formula is C11H17NO. The average molecular weight is 179 g/mol. The molecule has 4 atom stereocenters. The molecule has 2 heteroatoms. The minimum atomic E-state index is -0.502. The van der Waals surface area contributed by atoms with E-state index >= 15 is 0 Å². The first kappa shape index (κ1) is 9.02. The number of nitrogens with zero attached hydrogens (tertiary/aromatic N) is 1. The molecule has 0 amide bonds. The van der Waals surface area contributed by atoms with Crippen LogP contribution in [0.4, 0.5) is 0 Å². The number of fused-ring (bicyclic) bond motifs is 2. The lowest BCUT2D eigenvalue weighted by Gasteiger charge is -2.63. The molecule has 0 radical (unpaired) electrons. The minimum Gasteiger partial charge on any atom is -0.391 e. The van der Waals surface area contributed by atoms with E-state index in [1.54, 1.807) is 0 Å². The second-order valence-corrected chi connectivity index (χ2v) is 5.45. The van der Waals surface area contributed by atoms with Crippen LogP contribution in [-0.4, -0.2) is 11.2 Å². The van der Waals surface area contributed by atoms with Crippen molar-refractivity contribution in [3.05, 3.63) is 0 Å². The lowest BCUT2D eigenvalue weighted by Crippen LogP contribution is -2.62. The van der Waals surface area contributed by atoms with Gasteiger partial charge in [0.1, 0.15) is 0 Å². The summed E-state index contributed by atoms with van der Waals surface area (Å²) in [6, 6.07) is 2.32. The fourth-order valence-electron chi connectivity index (χ4n) is 3.33. The molecule has 2 nitrogen and oxygen atoms in total. The van der Waals surface area contributed by atoms with Crippen molar-refractivity contribution in [3.8, 4) is 6.07 Å². The van der Waals surface area contributed by atoms with Gasteiger partial charge in [-0.05, 0) is 37.0 Å². The third-order valence-corrected chi connectivity index (χ3v) is 4.64. The average Bonchev–Trinajstić information content (AvgIpc) is 2.08. The highest BCUT2D eigenvalue weighted by Gasteiger charge is 2.63. The Hall–Kier alpha value is -0.550. The van der Waals surface area contributed by atoms with Crippen molar-refractivity contribution in [1.82, 2.24) is 0 Å². The Kier molecular flexibility index (Phi) is 1.58. The standard InChI is InChI=1S/C11H17NO/c1-10(2)7-4-8(10)11(3,6-12)9(13)5-7/h7-9,13H,4-5H2,1-3H3. The molecule has 3 saturated carbocycles. The van der Waals surface area contributed by atoms with Crippen LogP contribution in [0.5, 0.6) is 0 Å². The number of nitriles is 1. The largest absolute Gasteiger partial charge is 0.391 e. The number of aliphatic hydroxyl groups is 1. The Balaban J connectivity index is 2.34. The van der Waals surface area contributed by atoms with Gasteiger partial charge in [0.2, 0.25) is 0 Å². The summed E-state index contributed by atoms with van der Waals surface area (Å²) in [5, 5.41) is 19.0. The Morgan fingerprint density at radius 1 is 1.31 bits per heavy atom. The maximum atomic E-state index is 9.84. The van der Waals surface area contributed by atoms with Crippen LogP contribution < -0.4 is 0 Å². The second-order valence-electron chi connectivity index (χ2n) is 5.45. The van der Waals surface area contributed by atoms with Gasteiger partial charge in [-0.2, -0.15) is 5.26 Å². The van der Waals surface area contributed by atoms with Crippen LogP contribution >= 0.6 is 0 Å². The summed E-state index contributed by atoms with van der Waals surface area (Å²) >= 11 is 0. The molecule has 0 heterocycles. The Morgan fingerprint density at radius 3 is 2.31 bits per heavy atom. The van der Waals surface area contributed by atoms with Crippen LogP contribution in [0.2, 0.25) is 0 Å². The van der Waals surface area contributed by atoms with Crippen LogP contribution in [-0.2, 0) is 0 Å². The van der Waals surface area contributed by atoms with Gasteiger partial charge in [-0.15, -0.1) is 0 Å². The summed E-state index contributed by atoms with van der Waals surface area (Å²) in [6.07, 6.45) is 1.54. The molecule has 4 unspecified atom stereocenters. The monoisotopic (exact) mass is 179 g/mol. The quantitative estimate of drug-likeness (QED) is 0.617. The minimum absolute atomic E-state index is 0.268. The van der Waals surface area contributed by atoms with Crippen molar-refractivity contribution in [2.75, 3.05) is 0 Å². The summed E-state index contributed by atoms with van der Waals surface area (Å²) in [6.45, 7) is 6.38. The van der Waals surface area contributed by atoms with Crippen molar-refractivity contribution in [2.45, 2.75) is 39.7 Å². The molecule has 0 aromatic heterocycles. The Morgan fingerprint density at radius 2 is 1.92 bits per heavy atom. The summed E-state index contributed by atoms with van der Waals surface area (Å²) < 4.78 is 0. The van der Waals surface area contributed by atoms with Crippen molar-refractivity contribution >= 4 is 0 Å². The number of aliphatic hydroxyl groups excluding tert-OH is 1. The van der Waals surface area contributed by atoms with E-state index < -0.39 is 11.5 Å². The summed E-state index contributed by atoms with van der Waals surface area (Å²) in [5.41, 5.74) is -0.234. The summed E-state index contributed by atoms with van der Waals surface area (Å²) in [7, 11) is 0. The highest BCUT2D eigenvalue weighted by molar-refractivity contribution is 5.18. The van der Waals surface area contributed by atoms with Crippen LogP contribution in [0.1, 0.15) is 33.6 Å². The number of rotatable bonds is 0. The van der Waals surface area contributed by atoms with Crippen LogP contribution in [0, 0.1) is 34.0 Å². The molecular weight excluding hydrogens is 162 g/mol. The van der Waals surface area contributed by atoms with E-state index in [1.807, 2.05) is 6.92 Å². The molecule has 0 aromatic rings. The van der Waals surface area contributed by atoms with E-state index in [0.717, 1.165) is 12.8 Å². The third kappa shape index (κ3) is 0.862. The molecule has 13 heavy (non-hydrogen) atoms. The molecule has 72 valence electrons. The smallest absolute Gasteiger partial charge is 0.0837 e. The molecule has 1 N–H and O–H groups in total. The molecule has 3 aliphatic carbocycles. The highest BCUT2D eigenvalue weighted by atomic mass is 16.3. The van der Waals surface area contributed by atoms with E-state index in [9.17, 15) is 5.11 Å². The predicted molar refractivity (Wildman–Crippen MR) is 49.7 cm³/mol. The Bertz CT molecular complexity index is 278. The van der Waals surface area contributed by atoms with E-state index in [4.69, 9.17) is 5.26 Å². The lowest BCUT2D eigenvalue weighted by molar-refractivity contribution is -0.184. The normalized spacial score (nSPS) is 52.1. The van der Waals surface area contributed by atoms with E-state index in [1.165, 1.54) is 0 Å². The van der Waals surface area contributed by atoms with Crippen molar-refractivity contribution in [3.63, 3.8) is 0 Å². The number of hydrogen-bond donors (Lipinski definition) is 1. The topological polar surface area (TPSA) is 44.0 Å². The maximum Gasteiger partial charge on any atom is 0.0837 e. The molecule has 0 saturated heterocycles. The molecule has 3 fully saturated rings. The van der Waals surface area contributed by atoms with Crippen molar-refractivity contribution in [1.29, 1.82) is 5.26 Å². The first-order valence-electron chi connectivity index (χ1n) is 5.02. The third-order valence-electron chi connectivity index (χ3n) is 4.64. The van der Waals surface area contributed by atoms with Gasteiger partial charge >= 0.3 is 0 Å². The molecule has 3 rings (SSSR count). The van der Waals surface area contributed by atoms with Gasteiger partial charge in [-0.1, -0.05) is 13.8 Å². The van der Waals surface area contributed by atoms with Gasteiger partial charge < -0.3 is 5.11 Å². The van der Waals surface area contributed by atoms with Crippen LogP contribution in [0.25, 0.3) is 0 Å².